The van der Waals surface area contributed by atoms with Crippen molar-refractivity contribution in [2.24, 2.45) is 4.40 Å². The third kappa shape index (κ3) is 5.84. The molecule has 1 aromatic heterocycles. The lowest BCUT2D eigenvalue weighted by Crippen LogP contribution is -2.20. The number of sulfonamides is 1. The summed E-state index contributed by atoms with van der Waals surface area (Å²) < 4.78 is 63.2. The summed E-state index contributed by atoms with van der Waals surface area (Å²) in [5.74, 6) is -0.429. The lowest BCUT2D eigenvalue weighted by molar-refractivity contribution is -0.0517. The number of benzene rings is 1. The quantitative estimate of drug-likeness (QED) is 0.587. The van der Waals surface area contributed by atoms with Crippen LogP contribution in [0.2, 0.25) is 0 Å². The number of rotatable bonds is 6. The zero-order valence-electron chi connectivity index (χ0n) is 14.8. The van der Waals surface area contributed by atoms with Crippen LogP contribution in [0, 0.1) is 13.8 Å². The first-order valence-electron chi connectivity index (χ1n) is 7.82. The van der Waals surface area contributed by atoms with E-state index < -0.39 is 33.3 Å². The van der Waals surface area contributed by atoms with Gasteiger partial charge in [0.25, 0.3) is 10.0 Å². The number of anilines is 1. The number of aromatic nitrogens is 2. The molecule has 0 unspecified atom stereocenters. The highest BCUT2D eigenvalue weighted by Crippen LogP contribution is 2.26. The minimum Gasteiger partial charge on any atom is -0.465 e. The lowest BCUT2D eigenvalue weighted by atomic mass is 10.3. The van der Waals surface area contributed by atoms with Gasteiger partial charge in [-0.15, -0.1) is 4.40 Å². The molecular formula is C16H18F2N4O4S. The number of hydrogen-bond acceptors (Lipinski definition) is 6. The first-order valence-corrected chi connectivity index (χ1v) is 9.26. The Bertz CT molecular complexity index is 916. The zero-order valence-corrected chi connectivity index (χ0v) is 15.6. The Morgan fingerprint density at radius 2 is 1.85 bits per heavy atom. The predicted octanol–water partition coefficient (Wildman–Crippen LogP) is 2.89. The summed E-state index contributed by atoms with van der Waals surface area (Å²) in [6, 6.07) is 6.28. The molecule has 0 fully saturated rings. The van der Waals surface area contributed by atoms with E-state index >= 15 is 0 Å². The molecule has 1 aromatic carbocycles. The number of halogens is 2. The van der Waals surface area contributed by atoms with Gasteiger partial charge in [-0.3, -0.25) is 5.32 Å². The van der Waals surface area contributed by atoms with Crippen LogP contribution in [0.4, 0.5) is 14.7 Å². The van der Waals surface area contributed by atoms with Crippen LogP contribution in [-0.4, -0.2) is 37.6 Å². The summed E-state index contributed by atoms with van der Waals surface area (Å²) in [4.78, 5) is 7.71. The third-order valence-electron chi connectivity index (χ3n) is 3.03. The molecule has 0 aliphatic heterocycles. The van der Waals surface area contributed by atoms with Gasteiger partial charge < -0.3 is 9.47 Å². The molecule has 2 aromatic rings. The molecule has 0 aliphatic rings. The maximum atomic E-state index is 12.6. The first-order chi connectivity index (χ1) is 12.7. The van der Waals surface area contributed by atoms with E-state index in [4.69, 9.17) is 4.74 Å². The van der Waals surface area contributed by atoms with Crippen molar-refractivity contribution < 1.29 is 26.7 Å². The van der Waals surface area contributed by atoms with Crippen LogP contribution in [0.1, 0.15) is 18.3 Å². The minimum absolute atomic E-state index is 0.0898. The van der Waals surface area contributed by atoms with Gasteiger partial charge >= 0.3 is 12.6 Å². The van der Waals surface area contributed by atoms with Gasteiger partial charge in [-0.05, 0) is 39.0 Å². The number of nitrogens with one attached hydrogen (secondary N) is 1. The molecule has 0 atom stereocenters. The molecule has 0 saturated carbocycles. The summed E-state index contributed by atoms with van der Waals surface area (Å²) in [6.45, 7) is 2.03. The van der Waals surface area contributed by atoms with Crippen LogP contribution in [0.3, 0.4) is 0 Å². The fourth-order valence-corrected chi connectivity index (χ4v) is 3.15. The Kier molecular flexibility index (Phi) is 6.61. The summed E-state index contributed by atoms with van der Waals surface area (Å²) in [7, 11) is -4.41. The van der Waals surface area contributed by atoms with Crippen LogP contribution in [0.15, 0.2) is 39.6 Å². The summed E-state index contributed by atoms with van der Waals surface area (Å²) in [6.07, 6.45) is 0. The molecule has 0 aliphatic carbocycles. The van der Waals surface area contributed by atoms with Crippen molar-refractivity contribution in [3.05, 3.63) is 41.7 Å². The van der Waals surface area contributed by atoms with Gasteiger partial charge in [0.2, 0.25) is 5.95 Å². The predicted molar refractivity (Wildman–Crippen MR) is 94.4 cm³/mol. The fourth-order valence-electron chi connectivity index (χ4n) is 2.11. The van der Waals surface area contributed by atoms with Crippen LogP contribution >= 0.6 is 0 Å². The molecule has 0 bridgehead atoms. The smallest absolute Gasteiger partial charge is 0.387 e. The lowest BCUT2D eigenvalue weighted by Gasteiger charge is -2.11. The van der Waals surface area contributed by atoms with Crippen molar-refractivity contribution in [1.82, 2.24) is 9.97 Å². The number of ether oxygens (including phenoxy) is 2. The topological polar surface area (TPSA) is 103 Å². The second-order valence-corrected chi connectivity index (χ2v) is 6.80. The number of nitrogens with zero attached hydrogens (tertiary/aromatic N) is 3. The van der Waals surface area contributed by atoms with Gasteiger partial charge in [-0.2, -0.15) is 17.2 Å². The van der Waals surface area contributed by atoms with Crippen molar-refractivity contribution in [2.75, 3.05) is 11.9 Å². The number of alkyl halides is 2. The zero-order chi connectivity index (χ0) is 20.0. The van der Waals surface area contributed by atoms with Gasteiger partial charge in [0, 0.05) is 11.4 Å². The molecular weight excluding hydrogens is 382 g/mol. The van der Waals surface area contributed by atoms with Gasteiger partial charge in [0.05, 0.1) is 6.61 Å². The highest BCUT2D eigenvalue weighted by molar-refractivity contribution is 7.90. The molecule has 27 heavy (non-hydrogen) atoms. The van der Waals surface area contributed by atoms with E-state index in [-0.39, 0.29) is 12.6 Å². The molecule has 0 amide bonds. The van der Waals surface area contributed by atoms with E-state index in [1.165, 1.54) is 12.1 Å². The Morgan fingerprint density at radius 1 is 1.22 bits per heavy atom. The number of para-hydroxylation sites is 1. The van der Waals surface area contributed by atoms with Crippen molar-refractivity contribution in [1.29, 1.82) is 0 Å². The van der Waals surface area contributed by atoms with E-state index in [9.17, 15) is 17.2 Å². The van der Waals surface area contributed by atoms with Gasteiger partial charge in [0.1, 0.15) is 10.6 Å². The van der Waals surface area contributed by atoms with Crippen molar-refractivity contribution in [2.45, 2.75) is 32.3 Å². The van der Waals surface area contributed by atoms with Crippen molar-refractivity contribution in [3.8, 4) is 5.75 Å². The van der Waals surface area contributed by atoms with E-state index in [0.717, 1.165) is 12.1 Å². The van der Waals surface area contributed by atoms with E-state index in [2.05, 4.69) is 24.4 Å². The van der Waals surface area contributed by atoms with Crippen LogP contribution in [-0.2, 0) is 14.8 Å². The van der Waals surface area contributed by atoms with Crippen molar-refractivity contribution >= 4 is 22.0 Å². The number of hydrogen-bond donors (Lipinski definition) is 1. The maximum Gasteiger partial charge on any atom is 0.387 e. The van der Waals surface area contributed by atoms with Crippen LogP contribution in [0.5, 0.6) is 5.75 Å². The van der Waals surface area contributed by atoms with Crippen molar-refractivity contribution in [3.63, 3.8) is 0 Å². The van der Waals surface area contributed by atoms with E-state index in [0.29, 0.717) is 11.4 Å². The highest BCUT2D eigenvalue weighted by Gasteiger charge is 2.22. The highest BCUT2D eigenvalue weighted by atomic mass is 32.2. The minimum atomic E-state index is -4.41. The summed E-state index contributed by atoms with van der Waals surface area (Å²) in [5.41, 5.74) is 1.30. The van der Waals surface area contributed by atoms with Crippen LogP contribution in [0.25, 0.3) is 0 Å². The molecule has 0 saturated heterocycles. The Labute approximate surface area is 155 Å². The maximum absolute atomic E-state index is 12.6. The normalized spacial score (nSPS) is 12.1. The van der Waals surface area contributed by atoms with Gasteiger partial charge in [0.15, 0.2) is 0 Å². The molecule has 8 nitrogen and oxygen atoms in total. The van der Waals surface area contributed by atoms with E-state index in [1.54, 1.807) is 26.8 Å². The average molecular weight is 400 g/mol. The monoisotopic (exact) mass is 400 g/mol. The average Bonchev–Trinajstić information content (AvgIpc) is 2.53. The standard InChI is InChI=1S/C16H18F2N4O4S/c1-4-25-16(21-15-19-10(2)9-11(3)20-15)22-27(23,24)13-8-6-5-7-12(13)26-14(17)18/h5-9,14H,4H2,1-3H3,(H,19,20,21,22). The molecule has 0 spiro atoms. The number of amidine groups is 1. The first kappa shape index (κ1) is 20.5. The van der Waals surface area contributed by atoms with Crippen LogP contribution < -0.4 is 10.1 Å². The largest absolute Gasteiger partial charge is 0.465 e. The molecule has 11 heteroatoms. The second-order valence-electron chi connectivity index (χ2n) is 5.23. The molecule has 0 radical (unpaired) electrons. The number of aryl methyl sites for hydroxylation is 2. The second kappa shape index (κ2) is 8.71. The van der Waals surface area contributed by atoms with Gasteiger partial charge in [-0.25, -0.2) is 9.97 Å². The fraction of sp³-hybridized carbons (Fsp3) is 0.312. The Balaban J connectivity index is 2.41. The molecule has 1 N–H and O–H groups in total. The molecule has 2 rings (SSSR count). The van der Waals surface area contributed by atoms with E-state index in [1.807, 2.05) is 0 Å². The Hall–Kier alpha value is -2.82. The Morgan fingerprint density at radius 3 is 2.44 bits per heavy atom. The molecule has 146 valence electrons. The SMILES string of the molecule is CCOC(=NS(=O)(=O)c1ccccc1OC(F)F)Nc1nc(C)cc(C)n1. The summed E-state index contributed by atoms with van der Waals surface area (Å²) in [5, 5.41) is 2.59. The molecule has 1 heterocycles. The van der Waals surface area contributed by atoms with Gasteiger partial charge in [-0.1, -0.05) is 12.1 Å². The summed E-state index contributed by atoms with van der Waals surface area (Å²) >= 11 is 0. The third-order valence-corrected chi connectivity index (χ3v) is 4.33.